The maximum atomic E-state index is 12.9. The van der Waals surface area contributed by atoms with E-state index in [0.29, 0.717) is 46.3 Å². The van der Waals surface area contributed by atoms with Crippen molar-refractivity contribution < 1.29 is 28.5 Å². The van der Waals surface area contributed by atoms with Crippen molar-refractivity contribution >= 4 is 46.3 Å². The number of azo groups is 1. The molecule has 0 saturated heterocycles. The molecule has 2 rings (SSSR count). The Kier molecular flexibility index (Phi) is 9.74. The second-order valence-corrected chi connectivity index (χ2v) is 7.37. The van der Waals surface area contributed by atoms with Crippen LogP contribution in [-0.2, 0) is 9.59 Å². The number of Topliss-reactive ketones (excluding diaryl/α,β-unsaturated/α-hetero) is 1. The Hall–Kier alpha value is -3.04. The lowest BCUT2D eigenvalue weighted by molar-refractivity contribution is -0.126. The number of halogens is 2. The molecule has 2 aromatic carbocycles. The molecule has 0 spiro atoms. The van der Waals surface area contributed by atoms with Crippen LogP contribution < -0.4 is 24.3 Å². The maximum Gasteiger partial charge on any atom is 0.258 e. The molecule has 2 aromatic rings. The highest BCUT2D eigenvalue weighted by molar-refractivity contribution is 6.32. The molecular formula is C22H25Cl2N3O6. The first-order valence-electron chi connectivity index (χ1n) is 9.98. The standard InChI is InChI=1S/C22H25Cl2N3O6/c1-6-32-19-9-13(23)8-16(21(19)33-7-2)25-22(29)20(12(3)28)27-26-15-11-17(30-4)14(24)10-18(15)31-5/h8-11,20H,6-7H2,1-5H3,(H,25,29). The van der Waals surface area contributed by atoms with Gasteiger partial charge in [-0.1, -0.05) is 23.2 Å². The van der Waals surface area contributed by atoms with Crippen LogP contribution in [0, 0.1) is 0 Å². The number of methoxy groups -OCH3 is 2. The molecule has 0 saturated carbocycles. The van der Waals surface area contributed by atoms with Crippen molar-refractivity contribution in [2.45, 2.75) is 26.8 Å². The number of amides is 1. The SMILES string of the molecule is CCOc1cc(Cl)cc(NC(=O)C(N=Nc2cc(OC)c(Cl)cc2OC)C(C)=O)c1OCC. The molecule has 11 heteroatoms. The van der Waals surface area contributed by atoms with Gasteiger partial charge in [0.25, 0.3) is 5.91 Å². The molecule has 9 nitrogen and oxygen atoms in total. The minimum absolute atomic E-state index is 0.231. The molecule has 0 fully saturated rings. The lowest BCUT2D eigenvalue weighted by Crippen LogP contribution is -2.32. The van der Waals surface area contributed by atoms with E-state index in [1.807, 2.05) is 0 Å². The number of nitrogens with one attached hydrogen (secondary N) is 1. The third-order valence-electron chi connectivity index (χ3n) is 4.23. The number of carbonyl (C=O) groups excluding carboxylic acids is 2. The summed E-state index contributed by atoms with van der Waals surface area (Å²) in [5.74, 6) is 0.0284. The van der Waals surface area contributed by atoms with E-state index in [9.17, 15) is 9.59 Å². The van der Waals surface area contributed by atoms with E-state index in [1.165, 1.54) is 39.3 Å². The molecule has 0 aromatic heterocycles. The Bertz CT molecular complexity index is 1050. The fraction of sp³-hybridized carbons (Fsp3) is 0.364. The van der Waals surface area contributed by atoms with Gasteiger partial charge in [-0.15, -0.1) is 0 Å². The van der Waals surface area contributed by atoms with Gasteiger partial charge in [-0.05, 0) is 26.8 Å². The van der Waals surface area contributed by atoms with Gasteiger partial charge < -0.3 is 24.3 Å². The van der Waals surface area contributed by atoms with Crippen LogP contribution in [0.2, 0.25) is 10.0 Å². The lowest BCUT2D eigenvalue weighted by Gasteiger charge is -2.17. The highest BCUT2D eigenvalue weighted by Crippen LogP contribution is 2.40. The fourth-order valence-corrected chi connectivity index (χ4v) is 3.22. The van der Waals surface area contributed by atoms with E-state index in [-0.39, 0.29) is 11.4 Å². The van der Waals surface area contributed by atoms with Gasteiger partial charge in [0.1, 0.15) is 17.2 Å². The van der Waals surface area contributed by atoms with Crippen LogP contribution in [0.1, 0.15) is 20.8 Å². The largest absolute Gasteiger partial charge is 0.495 e. The molecule has 33 heavy (non-hydrogen) atoms. The number of carbonyl (C=O) groups is 2. The van der Waals surface area contributed by atoms with Crippen LogP contribution >= 0.6 is 23.2 Å². The molecule has 0 bridgehead atoms. The number of ether oxygens (including phenoxy) is 4. The number of rotatable bonds is 11. The summed E-state index contributed by atoms with van der Waals surface area (Å²) in [5.41, 5.74) is 0.471. The number of ketones is 1. The molecule has 1 unspecified atom stereocenters. The topological polar surface area (TPSA) is 108 Å². The van der Waals surface area contributed by atoms with Crippen LogP contribution in [0.25, 0.3) is 0 Å². The normalized spacial score (nSPS) is 11.7. The quantitative estimate of drug-likeness (QED) is 0.324. The van der Waals surface area contributed by atoms with Gasteiger partial charge in [0.2, 0.25) is 6.04 Å². The molecule has 0 aliphatic heterocycles. The van der Waals surface area contributed by atoms with Crippen molar-refractivity contribution in [2.75, 3.05) is 32.8 Å². The molecule has 0 heterocycles. The number of anilines is 1. The van der Waals surface area contributed by atoms with Crippen molar-refractivity contribution in [1.82, 2.24) is 0 Å². The van der Waals surface area contributed by atoms with Crippen molar-refractivity contribution in [2.24, 2.45) is 10.2 Å². The van der Waals surface area contributed by atoms with Crippen molar-refractivity contribution in [3.05, 3.63) is 34.3 Å². The monoisotopic (exact) mass is 497 g/mol. The molecule has 0 radical (unpaired) electrons. The number of nitrogens with zero attached hydrogens (tertiary/aromatic N) is 2. The Morgan fingerprint density at radius 3 is 2.21 bits per heavy atom. The van der Waals surface area contributed by atoms with E-state index in [0.717, 1.165) is 0 Å². The molecule has 1 atom stereocenters. The van der Waals surface area contributed by atoms with Crippen LogP contribution in [0.15, 0.2) is 34.5 Å². The minimum Gasteiger partial charge on any atom is -0.495 e. The van der Waals surface area contributed by atoms with Crippen molar-refractivity contribution in [1.29, 1.82) is 0 Å². The van der Waals surface area contributed by atoms with E-state index in [2.05, 4.69) is 15.5 Å². The van der Waals surface area contributed by atoms with Gasteiger partial charge in [0.05, 0.1) is 38.1 Å². The Morgan fingerprint density at radius 2 is 1.64 bits per heavy atom. The third kappa shape index (κ3) is 6.72. The van der Waals surface area contributed by atoms with Crippen molar-refractivity contribution in [3.63, 3.8) is 0 Å². The van der Waals surface area contributed by atoms with E-state index in [4.69, 9.17) is 42.1 Å². The Morgan fingerprint density at radius 1 is 0.970 bits per heavy atom. The van der Waals surface area contributed by atoms with Crippen LogP contribution in [0.5, 0.6) is 23.0 Å². The fourth-order valence-electron chi connectivity index (χ4n) is 2.78. The summed E-state index contributed by atoms with van der Waals surface area (Å²) in [4.78, 5) is 25.1. The summed E-state index contributed by atoms with van der Waals surface area (Å²) in [6, 6.07) is 4.61. The average Bonchev–Trinajstić information content (AvgIpc) is 2.76. The lowest BCUT2D eigenvalue weighted by atomic mass is 10.2. The zero-order chi connectivity index (χ0) is 24.5. The van der Waals surface area contributed by atoms with Crippen LogP contribution in [0.4, 0.5) is 11.4 Å². The maximum absolute atomic E-state index is 12.9. The third-order valence-corrected chi connectivity index (χ3v) is 4.75. The first-order chi connectivity index (χ1) is 15.7. The van der Waals surface area contributed by atoms with Crippen LogP contribution in [0.3, 0.4) is 0 Å². The minimum atomic E-state index is -1.44. The smallest absolute Gasteiger partial charge is 0.258 e. The van der Waals surface area contributed by atoms with Gasteiger partial charge in [-0.3, -0.25) is 9.59 Å². The van der Waals surface area contributed by atoms with Gasteiger partial charge in [-0.2, -0.15) is 10.2 Å². The number of benzene rings is 2. The highest BCUT2D eigenvalue weighted by atomic mass is 35.5. The summed E-state index contributed by atoms with van der Waals surface area (Å²) in [6.45, 7) is 5.51. The first kappa shape index (κ1) is 26.2. The van der Waals surface area contributed by atoms with Gasteiger partial charge in [0, 0.05) is 23.2 Å². The molecule has 1 amide bonds. The summed E-state index contributed by atoms with van der Waals surface area (Å²) in [5, 5.41) is 11.2. The second kappa shape index (κ2) is 12.3. The predicted molar refractivity (Wildman–Crippen MR) is 126 cm³/mol. The van der Waals surface area contributed by atoms with Gasteiger partial charge in [-0.25, -0.2) is 0 Å². The van der Waals surface area contributed by atoms with Crippen LogP contribution in [-0.4, -0.2) is 45.2 Å². The van der Waals surface area contributed by atoms with E-state index >= 15 is 0 Å². The Balaban J connectivity index is 2.39. The molecule has 178 valence electrons. The summed E-state index contributed by atoms with van der Waals surface area (Å²) in [7, 11) is 2.87. The first-order valence-corrected chi connectivity index (χ1v) is 10.7. The van der Waals surface area contributed by atoms with Gasteiger partial charge >= 0.3 is 0 Å². The molecular weight excluding hydrogens is 473 g/mol. The summed E-state index contributed by atoms with van der Waals surface area (Å²) in [6.07, 6.45) is 0. The summed E-state index contributed by atoms with van der Waals surface area (Å²) >= 11 is 12.3. The zero-order valence-corrected chi connectivity index (χ0v) is 20.4. The molecule has 0 aliphatic carbocycles. The zero-order valence-electron chi connectivity index (χ0n) is 18.9. The number of hydrogen-bond acceptors (Lipinski definition) is 8. The highest BCUT2D eigenvalue weighted by Gasteiger charge is 2.26. The average molecular weight is 498 g/mol. The second-order valence-electron chi connectivity index (χ2n) is 6.52. The molecule has 1 N–H and O–H groups in total. The predicted octanol–water partition coefficient (Wildman–Crippen LogP) is 5.49. The van der Waals surface area contributed by atoms with E-state index in [1.54, 1.807) is 19.9 Å². The molecule has 0 aliphatic rings. The number of hydrogen-bond donors (Lipinski definition) is 1. The van der Waals surface area contributed by atoms with Gasteiger partial charge in [0.15, 0.2) is 17.3 Å². The van der Waals surface area contributed by atoms with E-state index < -0.39 is 17.7 Å². The Labute approximate surface area is 202 Å². The summed E-state index contributed by atoms with van der Waals surface area (Å²) < 4.78 is 21.6. The van der Waals surface area contributed by atoms with Crippen molar-refractivity contribution in [3.8, 4) is 23.0 Å².